The van der Waals surface area contributed by atoms with Crippen LogP contribution in [0.4, 0.5) is 0 Å². The van der Waals surface area contributed by atoms with E-state index >= 15 is 0 Å². The van der Waals surface area contributed by atoms with Crippen molar-refractivity contribution in [3.63, 3.8) is 0 Å². The summed E-state index contributed by atoms with van der Waals surface area (Å²) in [5.74, 6) is -0.473. The van der Waals surface area contributed by atoms with E-state index in [1.165, 1.54) is 18.5 Å². The fourth-order valence-electron chi connectivity index (χ4n) is 1.71. The summed E-state index contributed by atoms with van der Waals surface area (Å²) in [4.78, 5) is 15.7. The lowest BCUT2D eigenvalue weighted by Crippen LogP contribution is -2.30. The van der Waals surface area contributed by atoms with Gasteiger partial charge in [-0.05, 0) is 11.6 Å². The number of amides is 1. The Morgan fingerprint density at radius 1 is 1.26 bits per heavy atom. The lowest BCUT2D eigenvalue weighted by Gasteiger charge is -2.16. The van der Waals surface area contributed by atoms with Crippen LogP contribution >= 0.6 is 0 Å². The molecule has 0 saturated carbocycles. The normalized spacial score (nSPS) is 11.8. The summed E-state index contributed by atoms with van der Waals surface area (Å²) in [5.41, 5.74) is 1.06. The Morgan fingerprint density at radius 3 is 2.63 bits per heavy atom. The van der Waals surface area contributed by atoms with Crippen LogP contribution in [-0.4, -0.2) is 27.7 Å². The van der Waals surface area contributed by atoms with Crippen molar-refractivity contribution < 1.29 is 15.0 Å². The van der Waals surface area contributed by atoms with Gasteiger partial charge in [0, 0.05) is 6.20 Å². The fourth-order valence-corrected chi connectivity index (χ4v) is 1.71. The minimum atomic E-state index is -0.490. The first-order chi connectivity index (χ1) is 9.20. The predicted molar refractivity (Wildman–Crippen MR) is 69.6 cm³/mol. The smallest absolute Gasteiger partial charge is 0.253 e. The molecule has 1 heterocycles. The SMILES string of the molecule is O=C(NC(CO)c1ccccc1)c1cncc(O)c1. The second kappa shape index (κ2) is 5.97. The van der Waals surface area contributed by atoms with Gasteiger partial charge in [-0.25, -0.2) is 0 Å². The summed E-state index contributed by atoms with van der Waals surface area (Å²) < 4.78 is 0. The van der Waals surface area contributed by atoms with Crippen LogP contribution in [0.3, 0.4) is 0 Å². The molecule has 0 aliphatic heterocycles. The van der Waals surface area contributed by atoms with Gasteiger partial charge in [-0.15, -0.1) is 0 Å². The Kier molecular flexibility index (Phi) is 4.10. The molecular weight excluding hydrogens is 244 g/mol. The standard InChI is InChI=1S/C14H14N2O3/c17-9-13(10-4-2-1-3-5-10)16-14(19)11-6-12(18)8-15-7-11/h1-8,13,17-18H,9H2,(H,16,19). The lowest BCUT2D eigenvalue weighted by molar-refractivity contribution is 0.0915. The van der Waals surface area contributed by atoms with Crippen LogP contribution in [-0.2, 0) is 0 Å². The van der Waals surface area contributed by atoms with Crippen LogP contribution < -0.4 is 5.32 Å². The van der Waals surface area contributed by atoms with E-state index in [9.17, 15) is 15.0 Å². The number of aliphatic hydroxyl groups excluding tert-OH is 1. The van der Waals surface area contributed by atoms with E-state index in [1.54, 1.807) is 0 Å². The van der Waals surface area contributed by atoms with Crippen LogP contribution in [0.1, 0.15) is 22.0 Å². The maximum absolute atomic E-state index is 12.0. The van der Waals surface area contributed by atoms with E-state index in [4.69, 9.17) is 0 Å². The van der Waals surface area contributed by atoms with Gasteiger partial charge in [0.25, 0.3) is 5.91 Å². The third-order valence-electron chi connectivity index (χ3n) is 2.68. The molecule has 0 aliphatic rings. The van der Waals surface area contributed by atoms with Crippen molar-refractivity contribution in [1.82, 2.24) is 10.3 Å². The Hall–Kier alpha value is -2.40. The second-order valence-corrected chi connectivity index (χ2v) is 4.05. The molecule has 2 rings (SSSR count). The van der Waals surface area contributed by atoms with Gasteiger partial charge >= 0.3 is 0 Å². The average molecular weight is 258 g/mol. The van der Waals surface area contributed by atoms with Gasteiger partial charge in [0.1, 0.15) is 5.75 Å². The third-order valence-corrected chi connectivity index (χ3v) is 2.68. The van der Waals surface area contributed by atoms with Gasteiger partial charge in [-0.3, -0.25) is 9.78 Å². The summed E-state index contributed by atoms with van der Waals surface area (Å²) in [7, 11) is 0. The Labute approximate surface area is 110 Å². The van der Waals surface area contributed by atoms with E-state index in [0.717, 1.165) is 5.56 Å². The van der Waals surface area contributed by atoms with Crippen LogP contribution in [0, 0.1) is 0 Å². The molecule has 0 saturated heterocycles. The van der Waals surface area contributed by atoms with Gasteiger partial charge in [0.2, 0.25) is 0 Å². The first-order valence-electron chi connectivity index (χ1n) is 5.81. The van der Waals surface area contributed by atoms with E-state index in [2.05, 4.69) is 10.3 Å². The minimum absolute atomic E-state index is 0.0760. The summed E-state index contributed by atoms with van der Waals surface area (Å²) >= 11 is 0. The first-order valence-corrected chi connectivity index (χ1v) is 5.81. The second-order valence-electron chi connectivity index (χ2n) is 4.05. The molecule has 5 heteroatoms. The van der Waals surface area contributed by atoms with Crippen molar-refractivity contribution in [2.75, 3.05) is 6.61 Å². The molecule has 98 valence electrons. The molecule has 0 spiro atoms. The minimum Gasteiger partial charge on any atom is -0.506 e. The van der Waals surface area contributed by atoms with Crippen molar-refractivity contribution in [3.8, 4) is 5.75 Å². The van der Waals surface area contributed by atoms with E-state index in [0.29, 0.717) is 0 Å². The number of nitrogens with one attached hydrogen (secondary N) is 1. The van der Waals surface area contributed by atoms with Crippen molar-refractivity contribution in [2.45, 2.75) is 6.04 Å². The molecule has 0 fully saturated rings. The highest BCUT2D eigenvalue weighted by Gasteiger charge is 2.15. The molecule has 1 aromatic heterocycles. The number of benzene rings is 1. The molecule has 0 radical (unpaired) electrons. The maximum atomic E-state index is 12.0. The molecule has 1 unspecified atom stereocenters. The summed E-state index contributed by atoms with van der Waals surface area (Å²) in [6, 6.07) is 10.0. The zero-order valence-corrected chi connectivity index (χ0v) is 10.2. The van der Waals surface area contributed by atoms with Crippen molar-refractivity contribution in [3.05, 3.63) is 59.9 Å². The van der Waals surface area contributed by atoms with E-state index < -0.39 is 11.9 Å². The molecule has 0 aliphatic carbocycles. The molecule has 1 amide bonds. The predicted octanol–water partition coefficient (Wildman–Crippen LogP) is 1.25. The number of rotatable bonds is 4. The monoisotopic (exact) mass is 258 g/mol. The molecule has 2 aromatic rings. The molecular formula is C14H14N2O3. The zero-order valence-electron chi connectivity index (χ0n) is 10.2. The van der Waals surface area contributed by atoms with Gasteiger partial charge < -0.3 is 15.5 Å². The first kappa shape index (κ1) is 13.0. The number of aliphatic hydroxyl groups is 1. The molecule has 3 N–H and O–H groups in total. The van der Waals surface area contributed by atoms with Gasteiger partial charge in [-0.2, -0.15) is 0 Å². The largest absolute Gasteiger partial charge is 0.506 e. The van der Waals surface area contributed by atoms with E-state index in [-0.39, 0.29) is 17.9 Å². The number of carbonyl (C=O) groups excluding carboxylic acids is 1. The molecule has 5 nitrogen and oxygen atoms in total. The van der Waals surface area contributed by atoms with Crippen LogP contribution in [0.2, 0.25) is 0 Å². The Balaban J connectivity index is 2.13. The Bertz CT molecular complexity index is 558. The number of hydrogen-bond acceptors (Lipinski definition) is 4. The lowest BCUT2D eigenvalue weighted by atomic mass is 10.1. The number of aromatic hydroxyl groups is 1. The number of aromatic nitrogens is 1. The maximum Gasteiger partial charge on any atom is 0.253 e. The number of hydrogen-bond donors (Lipinski definition) is 3. The topological polar surface area (TPSA) is 82.5 Å². The molecule has 0 bridgehead atoms. The molecule has 1 atom stereocenters. The molecule has 1 aromatic carbocycles. The van der Waals surface area contributed by atoms with Gasteiger partial charge in [0.05, 0.1) is 24.4 Å². The highest BCUT2D eigenvalue weighted by molar-refractivity contribution is 5.94. The van der Waals surface area contributed by atoms with Crippen LogP contribution in [0.15, 0.2) is 48.8 Å². The van der Waals surface area contributed by atoms with Crippen LogP contribution in [0.25, 0.3) is 0 Å². The van der Waals surface area contributed by atoms with Crippen molar-refractivity contribution in [2.24, 2.45) is 0 Å². The average Bonchev–Trinajstić information content (AvgIpc) is 2.45. The highest BCUT2D eigenvalue weighted by atomic mass is 16.3. The van der Waals surface area contributed by atoms with Crippen LogP contribution in [0.5, 0.6) is 5.75 Å². The van der Waals surface area contributed by atoms with Gasteiger partial charge in [-0.1, -0.05) is 30.3 Å². The summed E-state index contributed by atoms with van der Waals surface area (Å²) in [6.45, 7) is -0.206. The number of pyridine rings is 1. The Morgan fingerprint density at radius 2 is 2.00 bits per heavy atom. The summed E-state index contributed by atoms with van der Waals surface area (Å²) in [5, 5.41) is 21.3. The third kappa shape index (κ3) is 3.29. The fraction of sp³-hybridized carbons (Fsp3) is 0.143. The van der Waals surface area contributed by atoms with Crippen molar-refractivity contribution in [1.29, 1.82) is 0 Å². The van der Waals surface area contributed by atoms with Crippen molar-refractivity contribution >= 4 is 5.91 Å². The number of nitrogens with zero attached hydrogens (tertiary/aromatic N) is 1. The number of carbonyl (C=O) groups is 1. The summed E-state index contributed by atoms with van der Waals surface area (Å²) in [6.07, 6.45) is 2.60. The quantitative estimate of drug-likeness (QED) is 0.770. The molecule has 19 heavy (non-hydrogen) atoms. The van der Waals surface area contributed by atoms with E-state index in [1.807, 2.05) is 30.3 Å². The zero-order chi connectivity index (χ0) is 13.7. The van der Waals surface area contributed by atoms with Gasteiger partial charge in [0.15, 0.2) is 0 Å². The highest BCUT2D eigenvalue weighted by Crippen LogP contribution is 2.14.